The molecule has 1 aromatic heterocycles. The van der Waals surface area contributed by atoms with Crippen molar-refractivity contribution >= 4 is 17.6 Å². The van der Waals surface area contributed by atoms with Crippen LogP contribution in [0.3, 0.4) is 0 Å². The van der Waals surface area contributed by atoms with E-state index >= 15 is 0 Å². The fraction of sp³-hybridized carbons (Fsp3) is 0.308. The van der Waals surface area contributed by atoms with Crippen LogP contribution in [0.5, 0.6) is 0 Å². The fourth-order valence-corrected chi connectivity index (χ4v) is 3.94. The Bertz CT molecular complexity index is 1180. The number of hydrogen-bond acceptors (Lipinski definition) is 6. The van der Waals surface area contributed by atoms with Gasteiger partial charge in [0.15, 0.2) is 17.3 Å². The van der Waals surface area contributed by atoms with Crippen molar-refractivity contribution in [2.45, 2.75) is 31.7 Å². The van der Waals surface area contributed by atoms with Crippen LogP contribution in [0.2, 0.25) is 0 Å². The van der Waals surface area contributed by atoms with E-state index in [1.54, 1.807) is 48.2 Å². The van der Waals surface area contributed by atoms with Gasteiger partial charge in [0.1, 0.15) is 0 Å². The molecule has 3 rings (SSSR count). The molecular formula is C26H29F2N5O2. The van der Waals surface area contributed by atoms with Crippen molar-refractivity contribution in [2.75, 3.05) is 20.3 Å². The van der Waals surface area contributed by atoms with E-state index in [2.05, 4.69) is 16.6 Å². The molecule has 35 heavy (non-hydrogen) atoms. The number of carbonyl (C=O) groups is 2. The maximum atomic E-state index is 14.4. The average molecular weight is 482 g/mol. The van der Waals surface area contributed by atoms with Gasteiger partial charge in [-0.15, -0.1) is 0 Å². The Morgan fingerprint density at radius 2 is 2.06 bits per heavy atom. The summed E-state index contributed by atoms with van der Waals surface area (Å²) in [5, 5.41) is 0. The van der Waals surface area contributed by atoms with E-state index in [0.29, 0.717) is 30.5 Å². The molecule has 1 aromatic carbocycles. The summed E-state index contributed by atoms with van der Waals surface area (Å²) in [5.41, 5.74) is 5.75. The number of carbonyl (C=O) groups excluding carboxylic acids is 2. The Labute approximate surface area is 203 Å². The van der Waals surface area contributed by atoms with Crippen LogP contribution in [-0.2, 0) is 15.1 Å². The SMILES string of the molecule is C=CN(CCCCF)/C(=C\[C@@]1(c2cccc(-c3cccnc3F)c2)N=C(N)N(C)C1=O)C(=O)CC. The first-order valence-corrected chi connectivity index (χ1v) is 11.3. The standard InChI is InChI=1S/C26H29F2N5O2/c1-4-22(34)21(33(5-2)15-7-6-13-27)17-26(24(35)32(3)25(29)31-26)19-11-8-10-18(16-19)20-12-9-14-30-23(20)28/h5,8-12,14,16-17H,2,4,6-7,13,15H2,1,3H3,(H2,29,31)/b21-17-/t26-/m0/s1. The topological polar surface area (TPSA) is 91.9 Å². The van der Waals surface area contributed by atoms with Crippen LogP contribution in [-0.4, -0.2) is 52.7 Å². The summed E-state index contributed by atoms with van der Waals surface area (Å²) in [6.07, 6.45) is 5.28. The van der Waals surface area contributed by atoms with Crippen LogP contribution in [0.1, 0.15) is 31.7 Å². The molecule has 184 valence electrons. The molecule has 2 aromatic rings. The number of ketones is 1. The van der Waals surface area contributed by atoms with E-state index in [1.807, 2.05) is 0 Å². The number of allylic oxidation sites excluding steroid dienone is 1. The van der Waals surface area contributed by atoms with E-state index in [9.17, 15) is 18.4 Å². The largest absolute Gasteiger partial charge is 0.369 e. The number of aliphatic imine (C=N–C) groups is 1. The third kappa shape index (κ3) is 5.13. The lowest BCUT2D eigenvalue weighted by atomic mass is 9.86. The van der Waals surface area contributed by atoms with Gasteiger partial charge in [0, 0.05) is 31.8 Å². The van der Waals surface area contributed by atoms with E-state index < -0.39 is 24.1 Å². The number of hydrogen-bond donors (Lipinski definition) is 1. The van der Waals surface area contributed by atoms with E-state index in [0.717, 1.165) is 0 Å². The number of guanidine groups is 1. The van der Waals surface area contributed by atoms with Crippen molar-refractivity contribution in [2.24, 2.45) is 10.7 Å². The van der Waals surface area contributed by atoms with Gasteiger partial charge in [0.05, 0.1) is 12.4 Å². The molecule has 0 bridgehead atoms. The van der Waals surface area contributed by atoms with Gasteiger partial charge in [-0.1, -0.05) is 31.7 Å². The molecule has 7 nitrogen and oxygen atoms in total. The van der Waals surface area contributed by atoms with Crippen molar-refractivity contribution in [1.29, 1.82) is 0 Å². The molecule has 0 saturated carbocycles. The summed E-state index contributed by atoms with van der Waals surface area (Å²) in [5.74, 6) is -1.38. The second-order valence-electron chi connectivity index (χ2n) is 8.10. The molecule has 0 spiro atoms. The Morgan fingerprint density at radius 3 is 2.66 bits per heavy atom. The predicted octanol–water partition coefficient (Wildman–Crippen LogP) is 3.93. The molecule has 0 fully saturated rings. The molecule has 1 amide bonds. The summed E-state index contributed by atoms with van der Waals surface area (Å²) in [6, 6.07) is 9.89. The predicted molar refractivity (Wildman–Crippen MR) is 131 cm³/mol. The number of rotatable bonds is 11. The minimum atomic E-state index is -1.66. The normalized spacial score (nSPS) is 17.9. The number of likely N-dealkylation sites (N-methyl/N-ethyl adjacent to an activating group) is 1. The number of pyridine rings is 1. The van der Waals surface area contributed by atoms with Gasteiger partial charge < -0.3 is 10.6 Å². The lowest BCUT2D eigenvalue weighted by molar-refractivity contribution is -0.129. The smallest absolute Gasteiger partial charge is 0.265 e. The average Bonchev–Trinajstić information content (AvgIpc) is 3.09. The Kier molecular flexibility index (Phi) is 8.11. The quantitative estimate of drug-likeness (QED) is 0.298. The van der Waals surface area contributed by atoms with Crippen LogP contribution in [0.4, 0.5) is 8.78 Å². The number of Topliss-reactive ketones (excluding diaryl/α,β-unsaturated/α-hetero) is 1. The van der Waals surface area contributed by atoms with Crippen LogP contribution in [0.15, 0.2) is 72.1 Å². The highest BCUT2D eigenvalue weighted by molar-refractivity contribution is 6.09. The Balaban J connectivity index is 2.22. The molecule has 2 heterocycles. The highest BCUT2D eigenvalue weighted by Crippen LogP contribution is 2.38. The third-order valence-corrected chi connectivity index (χ3v) is 5.90. The molecule has 1 aliphatic rings. The maximum Gasteiger partial charge on any atom is 0.265 e. The number of alkyl halides is 1. The summed E-state index contributed by atoms with van der Waals surface area (Å²) in [4.78, 5) is 37.6. The molecule has 1 aliphatic heterocycles. The molecule has 0 radical (unpaired) electrons. The lowest BCUT2D eigenvalue weighted by Crippen LogP contribution is -2.40. The zero-order valence-corrected chi connectivity index (χ0v) is 19.9. The third-order valence-electron chi connectivity index (χ3n) is 5.90. The fourth-order valence-electron chi connectivity index (χ4n) is 3.94. The molecule has 0 aliphatic carbocycles. The number of aromatic nitrogens is 1. The van der Waals surface area contributed by atoms with Gasteiger partial charge in [-0.3, -0.25) is 18.9 Å². The van der Waals surface area contributed by atoms with Crippen molar-refractivity contribution < 1.29 is 18.4 Å². The number of unbranched alkanes of at least 4 members (excludes halogenated alkanes) is 1. The first-order valence-electron chi connectivity index (χ1n) is 11.3. The molecular weight excluding hydrogens is 452 g/mol. The van der Waals surface area contributed by atoms with Crippen LogP contribution in [0, 0.1) is 5.95 Å². The monoisotopic (exact) mass is 481 g/mol. The van der Waals surface area contributed by atoms with Gasteiger partial charge in [-0.05, 0) is 54.4 Å². The van der Waals surface area contributed by atoms with Gasteiger partial charge >= 0.3 is 0 Å². The number of benzene rings is 1. The highest BCUT2D eigenvalue weighted by atomic mass is 19.1. The molecule has 2 N–H and O–H groups in total. The highest BCUT2D eigenvalue weighted by Gasteiger charge is 2.47. The minimum absolute atomic E-state index is 0.0184. The molecule has 0 unspecified atom stereocenters. The van der Waals surface area contributed by atoms with E-state index in [4.69, 9.17) is 5.73 Å². The van der Waals surface area contributed by atoms with Gasteiger partial charge in [-0.25, -0.2) is 9.98 Å². The summed E-state index contributed by atoms with van der Waals surface area (Å²) >= 11 is 0. The minimum Gasteiger partial charge on any atom is -0.369 e. The molecule has 9 heteroatoms. The van der Waals surface area contributed by atoms with E-state index in [-0.39, 0.29) is 29.4 Å². The first-order chi connectivity index (χ1) is 16.8. The molecule has 0 saturated heterocycles. The zero-order valence-electron chi connectivity index (χ0n) is 19.9. The lowest BCUT2D eigenvalue weighted by Gasteiger charge is -2.28. The number of nitrogens with two attached hydrogens (primary N) is 1. The van der Waals surface area contributed by atoms with Crippen molar-refractivity contribution in [3.8, 4) is 11.1 Å². The van der Waals surface area contributed by atoms with Gasteiger partial charge in [0.25, 0.3) is 5.91 Å². The zero-order chi connectivity index (χ0) is 25.6. The summed E-state index contributed by atoms with van der Waals surface area (Å²) in [7, 11) is 1.50. The van der Waals surface area contributed by atoms with Crippen molar-refractivity contribution in [3.05, 3.63) is 78.7 Å². The summed E-state index contributed by atoms with van der Waals surface area (Å²) in [6.45, 7) is 5.36. The number of nitrogens with zero attached hydrogens (tertiary/aromatic N) is 4. The molecule has 1 atom stereocenters. The van der Waals surface area contributed by atoms with Gasteiger partial charge in [-0.2, -0.15) is 4.39 Å². The van der Waals surface area contributed by atoms with Crippen LogP contribution >= 0.6 is 0 Å². The number of amides is 1. The van der Waals surface area contributed by atoms with Gasteiger partial charge in [0.2, 0.25) is 5.95 Å². The Morgan fingerprint density at radius 1 is 1.29 bits per heavy atom. The van der Waals surface area contributed by atoms with Crippen molar-refractivity contribution in [3.63, 3.8) is 0 Å². The Hall–Kier alpha value is -3.88. The van der Waals surface area contributed by atoms with Crippen LogP contribution in [0.25, 0.3) is 11.1 Å². The van der Waals surface area contributed by atoms with Crippen molar-refractivity contribution in [1.82, 2.24) is 14.8 Å². The number of halogens is 2. The summed E-state index contributed by atoms with van der Waals surface area (Å²) < 4.78 is 27.1. The second-order valence-corrected chi connectivity index (χ2v) is 8.10. The maximum absolute atomic E-state index is 14.4. The van der Waals surface area contributed by atoms with Crippen LogP contribution < -0.4 is 5.73 Å². The van der Waals surface area contributed by atoms with E-state index in [1.165, 1.54) is 30.4 Å². The first kappa shape index (κ1) is 25.7. The second kappa shape index (κ2) is 11.0.